The molecule has 1 saturated carbocycles. The molecular formula is C28H41FN2O. The molecule has 4 heteroatoms. The molecular weight excluding hydrogens is 399 g/mol. The second-order valence-corrected chi connectivity index (χ2v) is 9.55. The molecule has 0 unspecified atom stereocenters. The van der Waals surface area contributed by atoms with Crippen molar-refractivity contribution in [3.63, 3.8) is 0 Å². The van der Waals surface area contributed by atoms with Crippen LogP contribution in [0.15, 0.2) is 30.3 Å². The van der Waals surface area contributed by atoms with Gasteiger partial charge in [0, 0.05) is 11.6 Å². The molecule has 2 aromatic rings. The maximum absolute atomic E-state index is 14.8. The van der Waals surface area contributed by atoms with Crippen LogP contribution in [0.1, 0.15) is 96.5 Å². The lowest BCUT2D eigenvalue weighted by Crippen LogP contribution is -2.15. The van der Waals surface area contributed by atoms with Crippen LogP contribution in [-0.4, -0.2) is 16.8 Å². The van der Waals surface area contributed by atoms with Gasteiger partial charge in [0.1, 0.15) is 5.82 Å². The van der Waals surface area contributed by atoms with Crippen LogP contribution in [0.5, 0.6) is 5.88 Å². The molecule has 1 aliphatic rings. The van der Waals surface area contributed by atoms with Crippen molar-refractivity contribution >= 4 is 0 Å². The van der Waals surface area contributed by atoms with E-state index in [1.807, 2.05) is 12.1 Å². The fraction of sp³-hybridized carbons (Fsp3) is 0.643. The summed E-state index contributed by atoms with van der Waals surface area (Å²) >= 11 is 0. The van der Waals surface area contributed by atoms with Gasteiger partial charge in [-0.1, -0.05) is 84.1 Å². The van der Waals surface area contributed by atoms with Crippen molar-refractivity contribution in [1.29, 1.82) is 0 Å². The topological polar surface area (TPSA) is 35.0 Å². The van der Waals surface area contributed by atoms with Crippen molar-refractivity contribution in [2.24, 2.45) is 11.8 Å². The van der Waals surface area contributed by atoms with Crippen LogP contribution < -0.4 is 4.74 Å². The number of unbranched alkanes of at least 4 members (excludes halogenated alkanes) is 4. The first kappa shape index (κ1) is 24.7. The molecule has 32 heavy (non-hydrogen) atoms. The van der Waals surface area contributed by atoms with E-state index in [-0.39, 0.29) is 5.82 Å². The SMILES string of the molecule is CCCCCCCOc1ccc(-c2ccc(CCC3CCC(CCC)CC3)cc2F)nn1. The van der Waals surface area contributed by atoms with Crippen molar-refractivity contribution in [2.45, 2.75) is 97.3 Å². The van der Waals surface area contributed by atoms with Crippen LogP contribution in [0.3, 0.4) is 0 Å². The van der Waals surface area contributed by atoms with Gasteiger partial charge in [-0.25, -0.2) is 4.39 Å². The summed E-state index contributed by atoms with van der Waals surface area (Å²) in [7, 11) is 0. The van der Waals surface area contributed by atoms with E-state index in [4.69, 9.17) is 4.74 Å². The Kier molecular flexibility index (Phi) is 10.4. The summed E-state index contributed by atoms with van der Waals surface area (Å²) in [5.74, 6) is 2.04. The predicted molar refractivity (Wildman–Crippen MR) is 130 cm³/mol. The molecule has 0 atom stereocenters. The van der Waals surface area contributed by atoms with Gasteiger partial charge >= 0.3 is 0 Å². The Morgan fingerprint density at radius 3 is 2.25 bits per heavy atom. The summed E-state index contributed by atoms with van der Waals surface area (Å²) in [6.45, 7) is 5.15. The predicted octanol–water partition coefficient (Wildman–Crippen LogP) is 8.17. The number of hydrogen-bond donors (Lipinski definition) is 0. The van der Waals surface area contributed by atoms with E-state index >= 15 is 0 Å². The Labute approximate surface area is 194 Å². The van der Waals surface area contributed by atoms with Gasteiger partial charge < -0.3 is 4.74 Å². The second kappa shape index (κ2) is 13.5. The lowest BCUT2D eigenvalue weighted by atomic mass is 9.78. The van der Waals surface area contributed by atoms with Crippen LogP contribution in [0, 0.1) is 17.7 Å². The fourth-order valence-electron chi connectivity index (χ4n) is 4.93. The zero-order chi connectivity index (χ0) is 22.6. The standard InChI is InChI=1S/C28H41FN2O/c1-3-5-6-7-8-20-32-28-19-18-27(30-31-28)25-17-16-24(21-26(25)29)15-14-23-12-10-22(9-4-2)11-13-23/h16-19,21-23H,3-15,20H2,1-2H3. The molecule has 1 aromatic heterocycles. The van der Waals surface area contributed by atoms with Gasteiger partial charge in [-0.3, -0.25) is 0 Å². The number of aryl methyl sites for hydroxylation is 1. The van der Waals surface area contributed by atoms with Gasteiger partial charge in [0.2, 0.25) is 5.88 Å². The minimum absolute atomic E-state index is 0.215. The Morgan fingerprint density at radius 2 is 1.59 bits per heavy atom. The van der Waals surface area contributed by atoms with Gasteiger partial charge in [-0.15, -0.1) is 10.2 Å². The summed E-state index contributed by atoms with van der Waals surface area (Å²) in [6.07, 6.45) is 16.2. The van der Waals surface area contributed by atoms with E-state index in [0.29, 0.717) is 23.7 Å². The largest absolute Gasteiger partial charge is 0.477 e. The molecule has 0 spiro atoms. The average Bonchev–Trinajstić information content (AvgIpc) is 2.82. The summed E-state index contributed by atoms with van der Waals surface area (Å²) < 4.78 is 20.5. The number of halogens is 1. The molecule has 1 aliphatic carbocycles. The highest BCUT2D eigenvalue weighted by atomic mass is 19.1. The summed E-state index contributed by atoms with van der Waals surface area (Å²) in [5.41, 5.74) is 2.14. The molecule has 1 fully saturated rings. The van der Waals surface area contributed by atoms with Crippen LogP contribution in [-0.2, 0) is 6.42 Å². The zero-order valence-electron chi connectivity index (χ0n) is 20.1. The molecule has 0 N–H and O–H groups in total. The van der Waals surface area contributed by atoms with Gasteiger partial charge in [0.25, 0.3) is 0 Å². The minimum Gasteiger partial charge on any atom is -0.477 e. The van der Waals surface area contributed by atoms with Crippen molar-refractivity contribution in [3.8, 4) is 17.1 Å². The lowest BCUT2D eigenvalue weighted by Gasteiger charge is -2.28. The Hall–Kier alpha value is -1.97. The van der Waals surface area contributed by atoms with Crippen molar-refractivity contribution < 1.29 is 9.13 Å². The Balaban J connectivity index is 1.45. The monoisotopic (exact) mass is 440 g/mol. The Bertz CT molecular complexity index is 785. The van der Waals surface area contributed by atoms with Crippen LogP contribution in [0.4, 0.5) is 4.39 Å². The number of nitrogens with zero attached hydrogens (tertiary/aromatic N) is 2. The molecule has 1 aromatic carbocycles. The number of aromatic nitrogens is 2. The summed E-state index contributed by atoms with van der Waals surface area (Å²) in [5, 5.41) is 8.32. The smallest absolute Gasteiger partial charge is 0.233 e. The lowest BCUT2D eigenvalue weighted by molar-refractivity contribution is 0.252. The van der Waals surface area contributed by atoms with Gasteiger partial charge in [-0.05, 0) is 54.9 Å². The molecule has 3 nitrogen and oxygen atoms in total. The van der Waals surface area contributed by atoms with E-state index in [2.05, 4.69) is 24.0 Å². The third-order valence-electron chi connectivity index (χ3n) is 6.95. The number of rotatable bonds is 13. The van der Waals surface area contributed by atoms with Crippen molar-refractivity contribution in [2.75, 3.05) is 6.61 Å². The molecule has 0 amide bonds. The maximum Gasteiger partial charge on any atom is 0.233 e. The van der Waals surface area contributed by atoms with E-state index in [1.165, 1.54) is 70.6 Å². The first-order valence-electron chi connectivity index (χ1n) is 12.9. The number of hydrogen-bond acceptors (Lipinski definition) is 3. The zero-order valence-corrected chi connectivity index (χ0v) is 20.1. The highest BCUT2D eigenvalue weighted by molar-refractivity contribution is 5.60. The van der Waals surface area contributed by atoms with Gasteiger partial charge in [0.15, 0.2) is 0 Å². The number of ether oxygens (including phenoxy) is 1. The van der Waals surface area contributed by atoms with Crippen molar-refractivity contribution in [1.82, 2.24) is 10.2 Å². The second-order valence-electron chi connectivity index (χ2n) is 9.55. The minimum atomic E-state index is -0.215. The summed E-state index contributed by atoms with van der Waals surface area (Å²) in [6, 6.07) is 9.16. The van der Waals surface area contributed by atoms with E-state index in [1.54, 1.807) is 18.2 Å². The van der Waals surface area contributed by atoms with Crippen molar-refractivity contribution in [3.05, 3.63) is 41.7 Å². The normalized spacial score (nSPS) is 18.6. The van der Waals surface area contributed by atoms with E-state index < -0.39 is 0 Å². The third kappa shape index (κ3) is 7.86. The molecule has 3 rings (SSSR count). The average molecular weight is 441 g/mol. The fourth-order valence-corrected chi connectivity index (χ4v) is 4.93. The van der Waals surface area contributed by atoms with Crippen LogP contribution in [0.2, 0.25) is 0 Å². The Morgan fingerprint density at radius 1 is 0.844 bits per heavy atom. The molecule has 0 saturated heterocycles. The highest BCUT2D eigenvalue weighted by Crippen LogP contribution is 2.34. The quantitative estimate of drug-likeness (QED) is 0.295. The van der Waals surface area contributed by atoms with Crippen LogP contribution in [0.25, 0.3) is 11.3 Å². The van der Waals surface area contributed by atoms with E-state index in [0.717, 1.165) is 30.2 Å². The first-order valence-corrected chi connectivity index (χ1v) is 12.9. The highest BCUT2D eigenvalue weighted by Gasteiger charge is 2.20. The maximum atomic E-state index is 14.8. The van der Waals surface area contributed by atoms with Gasteiger partial charge in [-0.2, -0.15) is 0 Å². The third-order valence-corrected chi connectivity index (χ3v) is 6.95. The molecule has 0 radical (unpaired) electrons. The molecule has 0 aliphatic heterocycles. The summed E-state index contributed by atoms with van der Waals surface area (Å²) in [4.78, 5) is 0. The molecule has 0 bridgehead atoms. The van der Waals surface area contributed by atoms with Gasteiger partial charge in [0.05, 0.1) is 12.3 Å². The first-order chi connectivity index (χ1) is 15.7. The molecule has 176 valence electrons. The van der Waals surface area contributed by atoms with E-state index in [9.17, 15) is 4.39 Å². The molecule has 1 heterocycles. The number of benzene rings is 1. The van der Waals surface area contributed by atoms with Crippen LogP contribution >= 0.6 is 0 Å².